The van der Waals surface area contributed by atoms with Gasteiger partial charge in [0.1, 0.15) is 5.75 Å². The van der Waals surface area contributed by atoms with Crippen molar-refractivity contribution in [2.45, 2.75) is 56.6 Å². The van der Waals surface area contributed by atoms with Crippen molar-refractivity contribution in [1.82, 2.24) is 9.80 Å². The second-order valence-electron chi connectivity index (χ2n) is 10.4. The van der Waals surface area contributed by atoms with Crippen LogP contribution in [0.4, 0.5) is 0 Å². The number of methoxy groups -OCH3 is 1. The number of benzene rings is 2. The number of ether oxygens (including phenoxy) is 1. The molecule has 3 atom stereocenters. The average Bonchev–Trinajstić information content (AvgIpc) is 2.82. The van der Waals surface area contributed by atoms with Gasteiger partial charge in [0.15, 0.2) is 0 Å². The summed E-state index contributed by atoms with van der Waals surface area (Å²) in [6, 6.07) is 17.9. The van der Waals surface area contributed by atoms with E-state index >= 15 is 0 Å². The summed E-state index contributed by atoms with van der Waals surface area (Å²) in [5.74, 6) is 1.27. The molecule has 0 spiro atoms. The lowest BCUT2D eigenvalue weighted by Crippen LogP contribution is -2.67. The maximum Gasteiger partial charge on any atom is 0.254 e. The molecule has 0 bridgehead atoms. The Kier molecular flexibility index (Phi) is 6.83. The van der Waals surface area contributed by atoms with Crippen LogP contribution in [0.5, 0.6) is 5.75 Å². The van der Waals surface area contributed by atoms with Crippen LogP contribution in [0.15, 0.2) is 54.6 Å². The van der Waals surface area contributed by atoms with Gasteiger partial charge in [0.25, 0.3) is 5.91 Å². The Balaban J connectivity index is 1.74. The molecule has 33 heavy (non-hydrogen) atoms. The number of likely N-dealkylation sites (tertiary alicyclic amines) is 1. The standard InChI is InChI=1S/C28H38N2O3/c1-21(2)19-30(26(31)22-9-6-5-7-10-22)24-13-14-28(32)20-29(3)16-15-27(28,18-24)23-11-8-12-25(17-23)33-4/h5-12,17,21,24,32H,13-16,18-20H2,1-4H3/t24-,27?,28?/m0/s1. The third-order valence-electron chi connectivity index (χ3n) is 7.72. The maximum absolute atomic E-state index is 13.6. The van der Waals surface area contributed by atoms with Crippen molar-refractivity contribution in [3.05, 3.63) is 65.7 Å². The molecule has 1 N–H and O–H groups in total. The summed E-state index contributed by atoms with van der Waals surface area (Å²) < 4.78 is 5.54. The summed E-state index contributed by atoms with van der Waals surface area (Å²) in [6.45, 7) is 6.61. The lowest BCUT2D eigenvalue weighted by molar-refractivity contribution is -0.129. The predicted molar refractivity (Wildman–Crippen MR) is 132 cm³/mol. The fraction of sp³-hybridized carbons (Fsp3) is 0.536. The molecule has 178 valence electrons. The van der Waals surface area contributed by atoms with Gasteiger partial charge in [0.2, 0.25) is 0 Å². The van der Waals surface area contributed by atoms with Crippen molar-refractivity contribution >= 4 is 5.91 Å². The number of amides is 1. The van der Waals surface area contributed by atoms with Gasteiger partial charge in [0, 0.05) is 30.1 Å². The molecule has 5 heteroatoms. The Morgan fingerprint density at radius 3 is 2.64 bits per heavy atom. The van der Waals surface area contributed by atoms with E-state index in [1.54, 1.807) is 7.11 Å². The number of hydrogen-bond acceptors (Lipinski definition) is 4. The molecular formula is C28H38N2O3. The number of nitrogens with zero attached hydrogens (tertiary/aromatic N) is 2. The summed E-state index contributed by atoms with van der Waals surface area (Å²) in [4.78, 5) is 18.0. The minimum Gasteiger partial charge on any atom is -0.497 e. The molecule has 1 aliphatic heterocycles. The van der Waals surface area contributed by atoms with E-state index in [0.717, 1.165) is 42.7 Å². The van der Waals surface area contributed by atoms with Crippen molar-refractivity contribution in [2.75, 3.05) is 33.8 Å². The molecule has 4 rings (SSSR count). The molecule has 2 aromatic carbocycles. The van der Waals surface area contributed by atoms with Crippen LogP contribution in [0.2, 0.25) is 0 Å². The van der Waals surface area contributed by atoms with E-state index in [9.17, 15) is 9.90 Å². The molecule has 1 amide bonds. The van der Waals surface area contributed by atoms with Gasteiger partial charge < -0.3 is 19.6 Å². The van der Waals surface area contributed by atoms with Crippen LogP contribution in [0, 0.1) is 5.92 Å². The number of carbonyl (C=O) groups excluding carboxylic acids is 1. The van der Waals surface area contributed by atoms with E-state index in [0.29, 0.717) is 25.4 Å². The first kappa shape index (κ1) is 23.8. The topological polar surface area (TPSA) is 53.0 Å². The highest BCUT2D eigenvalue weighted by atomic mass is 16.5. The van der Waals surface area contributed by atoms with Crippen LogP contribution in [0.1, 0.15) is 55.5 Å². The zero-order chi connectivity index (χ0) is 23.6. The first-order valence-corrected chi connectivity index (χ1v) is 12.2. The third kappa shape index (κ3) is 4.53. The number of likely N-dealkylation sites (N-methyl/N-ethyl adjacent to an activating group) is 1. The Hall–Kier alpha value is -2.37. The Labute approximate surface area is 198 Å². The van der Waals surface area contributed by atoms with Gasteiger partial charge in [-0.1, -0.05) is 44.2 Å². The number of β-amino-alcohol motifs (C(OH)–C–C–N with tert-alkyl or cyclic N) is 1. The average molecular weight is 451 g/mol. The van der Waals surface area contributed by atoms with Gasteiger partial charge in [-0.05, 0) is 75.0 Å². The van der Waals surface area contributed by atoms with E-state index < -0.39 is 11.0 Å². The fourth-order valence-corrected chi connectivity index (χ4v) is 6.07. The number of rotatable bonds is 6. The molecule has 1 saturated heterocycles. The number of fused-ring (bicyclic) bond motifs is 1. The summed E-state index contributed by atoms with van der Waals surface area (Å²) >= 11 is 0. The minimum absolute atomic E-state index is 0.0787. The van der Waals surface area contributed by atoms with Crippen molar-refractivity contribution in [2.24, 2.45) is 5.92 Å². The molecule has 2 aliphatic rings. The SMILES string of the molecule is COc1cccc(C23CCN(C)CC2(O)CC[C@H](N(CC(C)C)C(=O)c2ccccc2)C3)c1. The zero-order valence-electron chi connectivity index (χ0n) is 20.5. The monoisotopic (exact) mass is 450 g/mol. The smallest absolute Gasteiger partial charge is 0.254 e. The second-order valence-corrected chi connectivity index (χ2v) is 10.4. The third-order valence-corrected chi connectivity index (χ3v) is 7.72. The van der Waals surface area contributed by atoms with Crippen molar-refractivity contribution in [3.8, 4) is 5.75 Å². The van der Waals surface area contributed by atoms with Gasteiger partial charge in [-0.3, -0.25) is 4.79 Å². The van der Waals surface area contributed by atoms with Crippen molar-refractivity contribution in [3.63, 3.8) is 0 Å². The van der Waals surface area contributed by atoms with Gasteiger partial charge >= 0.3 is 0 Å². The lowest BCUT2D eigenvalue weighted by atomic mass is 9.55. The molecule has 2 fully saturated rings. The molecule has 0 aromatic heterocycles. The van der Waals surface area contributed by atoms with E-state index in [4.69, 9.17) is 4.74 Å². The van der Waals surface area contributed by atoms with Gasteiger partial charge in [-0.15, -0.1) is 0 Å². The minimum atomic E-state index is -0.831. The highest BCUT2D eigenvalue weighted by Gasteiger charge is 2.58. The molecule has 5 nitrogen and oxygen atoms in total. The molecule has 1 aliphatic carbocycles. The number of aliphatic hydroxyl groups is 1. The molecule has 2 aromatic rings. The van der Waals surface area contributed by atoms with E-state index in [1.807, 2.05) is 42.5 Å². The zero-order valence-corrected chi connectivity index (χ0v) is 20.5. The Bertz CT molecular complexity index is 963. The predicted octanol–water partition coefficient (Wildman–Crippen LogP) is 4.35. The molecule has 2 unspecified atom stereocenters. The summed E-state index contributed by atoms with van der Waals surface area (Å²) in [5.41, 5.74) is 0.613. The second kappa shape index (κ2) is 9.47. The first-order chi connectivity index (χ1) is 15.8. The molecular weight excluding hydrogens is 412 g/mol. The fourth-order valence-electron chi connectivity index (χ4n) is 6.07. The van der Waals surface area contributed by atoms with Crippen molar-refractivity contribution < 1.29 is 14.6 Å². The van der Waals surface area contributed by atoms with Crippen LogP contribution in [0.25, 0.3) is 0 Å². The van der Waals surface area contributed by atoms with Gasteiger partial charge in [0.05, 0.1) is 12.7 Å². The van der Waals surface area contributed by atoms with Crippen LogP contribution in [-0.2, 0) is 5.41 Å². The highest BCUT2D eigenvalue weighted by Crippen LogP contribution is 2.53. The Morgan fingerprint density at radius 1 is 1.18 bits per heavy atom. The molecule has 1 heterocycles. The van der Waals surface area contributed by atoms with E-state index in [1.165, 1.54) is 0 Å². The van der Waals surface area contributed by atoms with Crippen LogP contribution in [-0.4, -0.2) is 66.2 Å². The normalized spacial score (nSPS) is 27.8. The maximum atomic E-state index is 13.6. The molecule has 0 radical (unpaired) electrons. The number of piperidine rings is 1. The lowest BCUT2D eigenvalue weighted by Gasteiger charge is -2.59. The van der Waals surface area contributed by atoms with Crippen LogP contribution in [0.3, 0.4) is 0 Å². The van der Waals surface area contributed by atoms with Crippen LogP contribution >= 0.6 is 0 Å². The van der Waals surface area contributed by atoms with E-state index in [-0.39, 0.29) is 11.9 Å². The van der Waals surface area contributed by atoms with E-state index in [2.05, 4.69) is 42.8 Å². The highest BCUT2D eigenvalue weighted by molar-refractivity contribution is 5.94. The summed E-state index contributed by atoms with van der Waals surface area (Å²) in [5, 5.41) is 12.1. The van der Waals surface area contributed by atoms with Crippen molar-refractivity contribution in [1.29, 1.82) is 0 Å². The first-order valence-electron chi connectivity index (χ1n) is 12.2. The summed E-state index contributed by atoms with van der Waals surface area (Å²) in [7, 11) is 3.77. The molecule has 1 saturated carbocycles. The number of carbonyl (C=O) groups is 1. The van der Waals surface area contributed by atoms with Crippen LogP contribution < -0.4 is 4.74 Å². The quantitative estimate of drug-likeness (QED) is 0.711. The van der Waals surface area contributed by atoms with Gasteiger partial charge in [-0.2, -0.15) is 0 Å². The summed E-state index contributed by atoms with van der Waals surface area (Å²) in [6.07, 6.45) is 3.10. The largest absolute Gasteiger partial charge is 0.497 e. The van der Waals surface area contributed by atoms with Gasteiger partial charge in [-0.25, -0.2) is 0 Å². The Morgan fingerprint density at radius 2 is 1.94 bits per heavy atom. The number of hydrogen-bond donors (Lipinski definition) is 1.